The molecule has 7 nitrogen and oxygen atoms in total. The molecular formula is C18H16N2O5. The molecular weight excluding hydrogens is 324 g/mol. The van der Waals surface area contributed by atoms with Crippen LogP contribution in [0.1, 0.15) is 39.3 Å². The molecule has 0 saturated carbocycles. The molecule has 1 aromatic heterocycles. The van der Waals surface area contributed by atoms with Crippen LogP contribution in [0.5, 0.6) is 0 Å². The Morgan fingerprint density at radius 1 is 1.20 bits per heavy atom. The Bertz CT molecular complexity index is 924. The Labute approximate surface area is 143 Å². The highest BCUT2D eigenvalue weighted by molar-refractivity contribution is 6.34. The van der Waals surface area contributed by atoms with Gasteiger partial charge in [-0.15, -0.1) is 0 Å². The van der Waals surface area contributed by atoms with Crippen molar-refractivity contribution in [3.05, 3.63) is 52.3 Å². The maximum Gasteiger partial charge on any atom is 0.352 e. The van der Waals surface area contributed by atoms with Crippen molar-refractivity contribution in [1.82, 2.24) is 4.98 Å². The van der Waals surface area contributed by atoms with E-state index in [1.54, 1.807) is 31.2 Å². The van der Waals surface area contributed by atoms with Crippen LogP contribution in [-0.4, -0.2) is 33.0 Å². The minimum atomic E-state index is -1.13. The van der Waals surface area contributed by atoms with Crippen LogP contribution in [0.2, 0.25) is 0 Å². The van der Waals surface area contributed by atoms with Crippen molar-refractivity contribution in [3.8, 4) is 0 Å². The number of hydrogen-bond acceptors (Lipinski definition) is 3. The third kappa shape index (κ3) is 3.03. The zero-order valence-electron chi connectivity index (χ0n) is 13.4. The molecule has 1 amide bonds. The molecule has 0 fully saturated rings. The number of carboxylic acid groups (broad SMARTS) is 2. The van der Waals surface area contributed by atoms with E-state index in [2.05, 4.69) is 10.3 Å². The molecule has 128 valence electrons. The summed E-state index contributed by atoms with van der Waals surface area (Å²) < 4.78 is 0. The van der Waals surface area contributed by atoms with Crippen molar-refractivity contribution in [2.24, 2.45) is 0 Å². The molecule has 0 atom stereocenters. The van der Waals surface area contributed by atoms with E-state index in [9.17, 15) is 19.5 Å². The first kappa shape index (κ1) is 16.5. The fourth-order valence-electron chi connectivity index (χ4n) is 2.97. The summed E-state index contributed by atoms with van der Waals surface area (Å²) in [6.07, 6.45) is 1.63. The van der Waals surface area contributed by atoms with E-state index < -0.39 is 11.9 Å². The van der Waals surface area contributed by atoms with Gasteiger partial charge in [-0.2, -0.15) is 0 Å². The van der Waals surface area contributed by atoms with Gasteiger partial charge in [0.05, 0.1) is 5.57 Å². The van der Waals surface area contributed by atoms with Crippen molar-refractivity contribution in [2.45, 2.75) is 19.8 Å². The molecule has 25 heavy (non-hydrogen) atoms. The quantitative estimate of drug-likeness (QED) is 0.624. The first-order chi connectivity index (χ1) is 11.9. The van der Waals surface area contributed by atoms with E-state index in [1.165, 1.54) is 0 Å². The number of carboxylic acids is 2. The van der Waals surface area contributed by atoms with Gasteiger partial charge in [-0.3, -0.25) is 9.59 Å². The number of carbonyl (C=O) groups is 3. The first-order valence-corrected chi connectivity index (χ1v) is 7.67. The summed E-state index contributed by atoms with van der Waals surface area (Å²) in [5.74, 6) is -2.38. The van der Waals surface area contributed by atoms with Gasteiger partial charge in [-0.1, -0.05) is 18.2 Å². The van der Waals surface area contributed by atoms with Crippen LogP contribution >= 0.6 is 0 Å². The number of rotatable bonds is 5. The molecule has 0 saturated heterocycles. The Balaban J connectivity index is 2.10. The van der Waals surface area contributed by atoms with Crippen molar-refractivity contribution < 1.29 is 24.6 Å². The fraction of sp³-hybridized carbons (Fsp3) is 0.167. The van der Waals surface area contributed by atoms with E-state index in [0.717, 1.165) is 5.56 Å². The normalized spacial score (nSPS) is 14.4. The largest absolute Gasteiger partial charge is 0.481 e. The maximum atomic E-state index is 12.2. The number of anilines is 1. The lowest BCUT2D eigenvalue weighted by molar-refractivity contribution is -0.137. The Hall–Kier alpha value is -3.35. The molecule has 1 aromatic carbocycles. The maximum absolute atomic E-state index is 12.2. The number of nitrogens with one attached hydrogen (secondary N) is 2. The highest BCUT2D eigenvalue weighted by atomic mass is 16.4. The van der Waals surface area contributed by atoms with Crippen molar-refractivity contribution in [2.75, 3.05) is 5.32 Å². The number of carbonyl (C=O) groups excluding carboxylic acids is 1. The van der Waals surface area contributed by atoms with Crippen LogP contribution in [0.15, 0.2) is 24.3 Å². The molecule has 1 aliphatic rings. The highest BCUT2D eigenvalue weighted by Crippen LogP contribution is 2.34. The Morgan fingerprint density at radius 2 is 1.92 bits per heavy atom. The Kier molecular flexibility index (Phi) is 4.14. The second kappa shape index (κ2) is 6.27. The number of aromatic nitrogens is 1. The minimum Gasteiger partial charge on any atom is -0.481 e. The predicted octanol–water partition coefficient (Wildman–Crippen LogP) is 2.53. The van der Waals surface area contributed by atoms with Crippen molar-refractivity contribution >= 4 is 35.2 Å². The summed E-state index contributed by atoms with van der Waals surface area (Å²) in [5, 5.41) is 21.0. The molecule has 0 unspecified atom stereocenters. The molecule has 0 spiro atoms. The van der Waals surface area contributed by atoms with E-state index in [4.69, 9.17) is 5.11 Å². The van der Waals surface area contributed by atoms with Gasteiger partial charge in [0, 0.05) is 23.4 Å². The van der Waals surface area contributed by atoms with Gasteiger partial charge in [0.2, 0.25) is 0 Å². The molecule has 0 radical (unpaired) electrons. The van der Waals surface area contributed by atoms with Crippen LogP contribution in [-0.2, 0) is 16.0 Å². The van der Waals surface area contributed by atoms with Crippen LogP contribution in [0.3, 0.4) is 0 Å². The van der Waals surface area contributed by atoms with Gasteiger partial charge >= 0.3 is 11.9 Å². The second-order valence-corrected chi connectivity index (χ2v) is 5.77. The third-order valence-corrected chi connectivity index (χ3v) is 4.21. The molecule has 0 bridgehead atoms. The first-order valence-electron chi connectivity index (χ1n) is 7.67. The van der Waals surface area contributed by atoms with Gasteiger partial charge in [-0.25, -0.2) is 4.79 Å². The zero-order chi connectivity index (χ0) is 18.1. The Morgan fingerprint density at radius 3 is 2.60 bits per heavy atom. The van der Waals surface area contributed by atoms with Crippen molar-refractivity contribution in [3.63, 3.8) is 0 Å². The van der Waals surface area contributed by atoms with Crippen LogP contribution < -0.4 is 5.32 Å². The highest BCUT2D eigenvalue weighted by Gasteiger charge is 2.25. The van der Waals surface area contributed by atoms with Crippen LogP contribution in [0, 0.1) is 6.92 Å². The van der Waals surface area contributed by atoms with Gasteiger partial charge in [0.15, 0.2) is 0 Å². The molecule has 3 rings (SSSR count). The number of fused-ring (bicyclic) bond motifs is 1. The lowest BCUT2D eigenvalue weighted by Gasteiger charge is -2.02. The molecule has 2 heterocycles. The van der Waals surface area contributed by atoms with E-state index in [-0.39, 0.29) is 24.4 Å². The zero-order valence-corrected chi connectivity index (χ0v) is 13.4. The molecule has 4 N–H and O–H groups in total. The number of amides is 1. The van der Waals surface area contributed by atoms with Crippen molar-refractivity contribution in [1.29, 1.82) is 0 Å². The average Bonchev–Trinajstić information content (AvgIpc) is 3.03. The summed E-state index contributed by atoms with van der Waals surface area (Å²) >= 11 is 0. The smallest absolute Gasteiger partial charge is 0.352 e. The summed E-state index contributed by atoms with van der Waals surface area (Å²) in [6, 6.07) is 7.19. The lowest BCUT2D eigenvalue weighted by atomic mass is 10.0. The lowest BCUT2D eigenvalue weighted by Crippen LogP contribution is -2.04. The van der Waals surface area contributed by atoms with Gasteiger partial charge in [-0.05, 0) is 36.6 Å². The van der Waals surface area contributed by atoms with E-state index in [1.807, 2.05) is 6.07 Å². The standard InChI is InChI=1S/C18H16N2O5/c1-9-10(6-7-15(21)22)14(19-16(9)18(24)25)8-12-11-4-2-3-5-13(11)20-17(12)23/h2-5,8,19H,6-7H2,1H3,(H,20,23)(H,21,22)(H,24,25). The number of para-hydroxylation sites is 1. The third-order valence-electron chi connectivity index (χ3n) is 4.21. The van der Waals surface area contributed by atoms with Gasteiger partial charge < -0.3 is 20.5 Å². The number of benzene rings is 1. The summed E-state index contributed by atoms with van der Waals surface area (Å²) in [4.78, 5) is 37.3. The predicted molar refractivity (Wildman–Crippen MR) is 91.4 cm³/mol. The molecule has 0 aliphatic carbocycles. The monoisotopic (exact) mass is 340 g/mol. The molecule has 1 aliphatic heterocycles. The number of aromatic carboxylic acids is 1. The number of hydrogen-bond donors (Lipinski definition) is 4. The summed E-state index contributed by atoms with van der Waals surface area (Å²) in [5.41, 5.74) is 3.33. The van der Waals surface area contributed by atoms with Gasteiger partial charge in [0.25, 0.3) is 5.91 Å². The molecule has 2 aromatic rings. The van der Waals surface area contributed by atoms with Crippen LogP contribution in [0.25, 0.3) is 11.6 Å². The number of aliphatic carboxylic acids is 1. The second-order valence-electron chi connectivity index (χ2n) is 5.77. The topological polar surface area (TPSA) is 119 Å². The minimum absolute atomic E-state index is 0.000992. The van der Waals surface area contributed by atoms with E-state index >= 15 is 0 Å². The van der Waals surface area contributed by atoms with Gasteiger partial charge in [0.1, 0.15) is 5.69 Å². The number of aromatic amines is 1. The molecule has 7 heteroatoms. The summed E-state index contributed by atoms with van der Waals surface area (Å²) in [6.45, 7) is 1.63. The summed E-state index contributed by atoms with van der Waals surface area (Å²) in [7, 11) is 0. The SMILES string of the molecule is Cc1c(C(=O)O)[nH]c(C=C2C(=O)Nc3ccccc32)c1CCC(=O)O. The fourth-order valence-corrected chi connectivity index (χ4v) is 2.97. The van der Waals surface area contributed by atoms with Crippen LogP contribution in [0.4, 0.5) is 5.69 Å². The average molecular weight is 340 g/mol. The number of H-pyrrole nitrogens is 1. The van der Waals surface area contributed by atoms with E-state index in [0.29, 0.717) is 28.1 Å².